The minimum atomic E-state index is -0.536. The highest BCUT2D eigenvalue weighted by Crippen LogP contribution is 2.26. The fourth-order valence-corrected chi connectivity index (χ4v) is 1.96. The third-order valence-electron chi connectivity index (χ3n) is 2.94. The summed E-state index contributed by atoms with van der Waals surface area (Å²) in [5, 5.41) is 7.75. The molecule has 5 nitrogen and oxygen atoms in total. The number of carbonyl (C=O) groups is 2. The van der Waals surface area contributed by atoms with E-state index in [1.54, 1.807) is 12.1 Å². The van der Waals surface area contributed by atoms with E-state index in [4.69, 9.17) is 11.6 Å². The van der Waals surface area contributed by atoms with Gasteiger partial charge in [0, 0.05) is 17.6 Å². The molecule has 21 heavy (non-hydrogen) atoms. The zero-order valence-electron chi connectivity index (χ0n) is 12.2. The molecule has 0 aliphatic rings. The molecule has 0 fully saturated rings. The summed E-state index contributed by atoms with van der Waals surface area (Å²) >= 11 is 5.72. The lowest BCUT2D eigenvalue weighted by Gasteiger charge is -2.23. The molecule has 116 valence electrons. The standard InChI is InChI=1S/C14H19ClFN3O2/c1-8(2)13(10-5-4-9(15)6-11(10)16)19-14(21)18-7-12(20)17-3/h4-6,8,13H,7H2,1-3H3,(H,17,20)(H2,18,19,21)/t13-/m1/s1. The van der Waals surface area contributed by atoms with Crippen LogP contribution in [-0.2, 0) is 4.79 Å². The van der Waals surface area contributed by atoms with Gasteiger partial charge in [0.05, 0.1) is 12.6 Å². The van der Waals surface area contributed by atoms with Gasteiger partial charge in [0.15, 0.2) is 0 Å². The van der Waals surface area contributed by atoms with Gasteiger partial charge in [-0.3, -0.25) is 4.79 Å². The molecule has 0 radical (unpaired) electrons. The summed E-state index contributed by atoms with van der Waals surface area (Å²) in [5.41, 5.74) is 0.351. The highest BCUT2D eigenvalue weighted by atomic mass is 35.5. The summed E-state index contributed by atoms with van der Waals surface area (Å²) in [6, 6.07) is 3.26. The number of likely N-dealkylation sites (N-methyl/N-ethyl adjacent to an activating group) is 1. The van der Waals surface area contributed by atoms with E-state index in [1.807, 2.05) is 13.8 Å². The third kappa shape index (κ3) is 5.23. The molecule has 3 amide bonds. The summed E-state index contributed by atoms with van der Waals surface area (Å²) in [6.45, 7) is 3.58. The zero-order chi connectivity index (χ0) is 16.0. The third-order valence-corrected chi connectivity index (χ3v) is 3.17. The first-order valence-corrected chi connectivity index (χ1v) is 6.92. The van der Waals surface area contributed by atoms with Crippen LogP contribution < -0.4 is 16.0 Å². The molecule has 7 heteroatoms. The maximum Gasteiger partial charge on any atom is 0.315 e. The van der Waals surface area contributed by atoms with Gasteiger partial charge in [0.2, 0.25) is 5.91 Å². The number of hydrogen-bond acceptors (Lipinski definition) is 2. The van der Waals surface area contributed by atoms with E-state index in [0.29, 0.717) is 10.6 Å². The Morgan fingerprint density at radius 1 is 1.33 bits per heavy atom. The number of hydrogen-bond donors (Lipinski definition) is 3. The van der Waals surface area contributed by atoms with E-state index in [1.165, 1.54) is 13.1 Å². The van der Waals surface area contributed by atoms with Crippen molar-refractivity contribution in [1.82, 2.24) is 16.0 Å². The predicted octanol–water partition coefficient (Wildman–Crippen LogP) is 2.22. The Kier molecular flexibility index (Phi) is 6.42. The van der Waals surface area contributed by atoms with Gasteiger partial charge in [-0.2, -0.15) is 0 Å². The van der Waals surface area contributed by atoms with E-state index in [-0.39, 0.29) is 18.4 Å². The lowest BCUT2D eigenvalue weighted by molar-refractivity contribution is -0.119. The van der Waals surface area contributed by atoms with Crippen molar-refractivity contribution in [1.29, 1.82) is 0 Å². The number of amides is 3. The number of halogens is 2. The average Bonchev–Trinajstić information content (AvgIpc) is 2.42. The van der Waals surface area contributed by atoms with Gasteiger partial charge in [-0.25, -0.2) is 9.18 Å². The lowest BCUT2D eigenvalue weighted by Crippen LogP contribution is -2.43. The molecule has 0 heterocycles. The van der Waals surface area contributed by atoms with Crippen LogP contribution in [0.15, 0.2) is 18.2 Å². The van der Waals surface area contributed by atoms with Crippen LogP contribution in [0.3, 0.4) is 0 Å². The summed E-state index contributed by atoms with van der Waals surface area (Å²) in [5.74, 6) is -0.830. The van der Waals surface area contributed by atoms with Crippen LogP contribution in [0.4, 0.5) is 9.18 Å². The first-order chi connectivity index (χ1) is 9.85. The van der Waals surface area contributed by atoms with Crippen LogP contribution >= 0.6 is 11.6 Å². The largest absolute Gasteiger partial charge is 0.358 e. The minimum Gasteiger partial charge on any atom is -0.358 e. The molecule has 0 bridgehead atoms. The van der Waals surface area contributed by atoms with Gasteiger partial charge in [-0.1, -0.05) is 31.5 Å². The van der Waals surface area contributed by atoms with E-state index < -0.39 is 17.9 Å². The van der Waals surface area contributed by atoms with Crippen molar-refractivity contribution >= 4 is 23.5 Å². The zero-order valence-corrected chi connectivity index (χ0v) is 12.9. The van der Waals surface area contributed by atoms with E-state index in [2.05, 4.69) is 16.0 Å². The molecule has 0 saturated heterocycles. The Morgan fingerprint density at radius 2 is 2.00 bits per heavy atom. The second-order valence-corrected chi connectivity index (χ2v) is 5.32. The molecule has 0 aliphatic carbocycles. The number of rotatable bonds is 5. The Balaban J connectivity index is 2.78. The van der Waals surface area contributed by atoms with Gasteiger partial charge in [-0.15, -0.1) is 0 Å². The highest BCUT2D eigenvalue weighted by Gasteiger charge is 2.21. The Labute approximate surface area is 128 Å². The van der Waals surface area contributed by atoms with Crippen LogP contribution in [0.2, 0.25) is 5.02 Å². The van der Waals surface area contributed by atoms with Crippen LogP contribution in [0.25, 0.3) is 0 Å². The Bertz CT molecular complexity index is 523. The molecule has 0 aliphatic heterocycles. The first-order valence-electron chi connectivity index (χ1n) is 6.55. The minimum absolute atomic E-state index is 0.0357. The van der Waals surface area contributed by atoms with Crippen LogP contribution in [0.1, 0.15) is 25.5 Å². The van der Waals surface area contributed by atoms with Gasteiger partial charge in [-0.05, 0) is 18.1 Å². The van der Waals surface area contributed by atoms with Crippen LogP contribution in [-0.4, -0.2) is 25.5 Å². The first kappa shape index (κ1) is 17.2. The van der Waals surface area contributed by atoms with Crippen molar-refractivity contribution < 1.29 is 14.0 Å². The van der Waals surface area contributed by atoms with Crippen molar-refractivity contribution in [2.45, 2.75) is 19.9 Å². The molecule has 3 N–H and O–H groups in total. The Morgan fingerprint density at radius 3 is 2.52 bits per heavy atom. The smallest absolute Gasteiger partial charge is 0.315 e. The van der Waals surface area contributed by atoms with Crippen molar-refractivity contribution in [3.63, 3.8) is 0 Å². The summed E-state index contributed by atoms with van der Waals surface area (Å²) in [4.78, 5) is 22.8. The summed E-state index contributed by atoms with van der Waals surface area (Å²) < 4.78 is 14.0. The van der Waals surface area contributed by atoms with E-state index in [9.17, 15) is 14.0 Å². The van der Waals surface area contributed by atoms with Crippen molar-refractivity contribution in [3.05, 3.63) is 34.6 Å². The molecular weight excluding hydrogens is 297 g/mol. The van der Waals surface area contributed by atoms with Crippen LogP contribution in [0.5, 0.6) is 0 Å². The average molecular weight is 316 g/mol. The molecule has 1 aromatic carbocycles. The van der Waals surface area contributed by atoms with Gasteiger partial charge in [0.1, 0.15) is 5.82 Å². The highest BCUT2D eigenvalue weighted by molar-refractivity contribution is 6.30. The summed E-state index contributed by atoms with van der Waals surface area (Å²) in [7, 11) is 1.47. The second-order valence-electron chi connectivity index (χ2n) is 4.89. The molecule has 1 rings (SSSR count). The molecule has 1 aromatic rings. The monoisotopic (exact) mass is 315 g/mol. The van der Waals surface area contributed by atoms with Crippen LogP contribution in [0, 0.1) is 11.7 Å². The number of nitrogens with one attached hydrogen (secondary N) is 3. The fraction of sp³-hybridized carbons (Fsp3) is 0.429. The maximum absolute atomic E-state index is 14.0. The molecule has 1 atom stereocenters. The molecule has 0 unspecified atom stereocenters. The Hall–Kier alpha value is -1.82. The van der Waals surface area contributed by atoms with Gasteiger partial charge < -0.3 is 16.0 Å². The quantitative estimate of drug-likeness (QED) is 0.779. The van der Waals surface area contributed by atoms with Gasteiger partial charge in [0.25, 0.3) is 0 Å². The lowest BCUT2D eigenvalue weighted by atomic mass is 9.96. The molecular formula is C14H19ClFN3O2. The SMILES string of the molecule is CNC(=O)CNC(=O)N[C@@H](c1ccc(Cl)cc1F)C(C)C. The molecule has 0 saturated carbocycles. The number of urea groups is 1. The predicted molar refractivity (Wildman–Crippen MR) is 79.6 cm³/mol. The normalized spacial score (nSPS) is 11.9. The summed E-state index contributed by atoms with van der Waals surface area (Å²) in [6.07, 6.45) is 0. The van der Waals surface area contributed by atoms with Crippen molar-refractivity contribution in [2.75, 3.05) is 13.6 Å². The molecule has 0 aromatic heterocycles. The molecule has 0 spiro atoms. The maximum atomic E-state index is 14.0. The van der Waals surface area contributed by atoms with Crippen molar-refractivity contribution in [2.24, 2.45) is 5.92 Å². The van der Waals surface area contributed by atoms with Crippen molar-refractivity contribution in [3.8, 4) is 0 Å². The van der Waals surface area contributed by atoms with E-state index >= 15 is 0 Å². The number of carbonyl (C=O) groups excluding carboxylic acids is 2. The number of benzene rings is 1. The fourth-order valence-electron chi connectivity index (χ4n) is 1.80. The van der Waals surface area contributed by atoms with E-state index in [0.717, 1.165) is 0 Å². The second kappa shape index (κ2) is 7.83. The topological polar surface area (TPSA) is 70.2 Å². The van der Waals surface area contributed by atoms with Gasteiger partial charge >= 0.3 is 6.03 Å².